The van der Waals surface area contributed by atoms with Crippen LogP contribution in [0.4, 0.5) is 0 Å². The Labute approximate surface area is 105 Å². The first-order valence-corrected chi connectivity index (χ1v) is 7.14. The predicted octanol–water partition coefficient (Wildman–Crippen LogP) is 1.39. The van der Waals surface area contributed by atoms with Crippen molar-refractivity contribution in [1.29, 1.82) is 0 Å². The molecule has 2 aliphatic rings. The molecule has 1 aromatic heterocycles. The molecule has 0 aliphatic carbocycles. The molecule has 5 heteroatoms. The van der Waals surface area contributed by atoms with Crippen LogP contribution >= 0.6 is 11.3 Å². The largest absolute Gasteiger partial charge is 0.338 e. The molecule has 2 aliphatic heterocycles. The first-order chi connectivity index (χ1) is 8.34. The van der Waals surface area contributed by atoms with Gasteiger partial charge in [-0.15, -0.1) is 11.3 Å². The molecule has 2 fully saturated rings. The van der Waals surface area contributed by atoms with E-state index in [1.807, 2.05) is 11.6 Å². The molecule has 4 nitrogen and oxygen atoms in total. The summed E-state index contributed by atoms with van der Waals surface area (Å²) in [5.74, 6) is 0.325. The highest BCUT2D eigenvalue weighted by Gasteiger charge is 2.40. The van der Waals surface area contributed by atoms with Crippen molar-refractivity contribution in [2.24, 2.45) is 0 Å². The molecule has 0 spiro atoms. The second-order valence-electron chi connectivity index (χ2n) is 4.77. The van der Waals surface area contributed by atoms with Crippen LogP contribution in [0.3, 0.4) is 0 Å². The average Bonchev–Trinajstić information content (AvgIpc) is 2.96. The molecule has 3 rings (SSSR count). The molecular formula is C12H17N3OS. The highest BCUT2D eigenvalue weighted by molar-refractivity contribution is 7.09. The van der Waals surface area contributed by atoms with Gasteiger partial charge in [0.05, 0.1) is 0 Å². The fourth-order valence-corrected chi connectivity index (χ4v) is 3.46. The summed E-state index contributed by atoms with van der Waals surface area (Å²) in [7, 11) is 0. The first kappa shape index (κ1) is 11.2. The molecule has 17 heavy (non-hydrogen) atoms. The van der Waals surface area contributed by atoms with Gasteiger partial charge in [-0.1, -0.05) is 0 Å². The molecule has 2 saturated heterocycles. The number of rotatable bonds is 3. The van der Waals surface area contributed by atoms with Crippen molar-refractivity contribution < 1.29 is 4.79 Å². The highest BCUT2D eigenvalue weighted by atomic mass is 32.1. The Morgan fingerprint density at radius 3 is 3.29 bits per heavy atom. The van der Waals surface area contributed by atoms with Crippen LogP contribution in [0.15, 0.2) is 11.6 Å². The number of hydrogen-bond donors (Lipinski definition) is 1. The topological polar surface area (TPSA) is 45.2 Å². The van der Waals surface area contributed by atoms with Crippen LogP contribution in [0.25, 0.3) is 0 Å². The van der Waals surface area contributed by atoms with Crippen molar-refractivity contribution in [3.05, 3.63) is 16.6 Å². The standard InChI is InChI=1S/C12H17N3OS/c16-12-7-9(10-3-1-2-5-15(10)12)14-8-11-13-4-6-17-11/h4,6,9-10,14H,1-3,5,7-8H2. The van der Waals surface area contributed by atoms with Crippen LogP contribution in [-0.2, 0) is 11.3 Å². The summed E-state index contributed by atoms with van der Waals surface area (Å²) in [5.41, 5.74) is 0. The minimum Gasteiger partial charge on any atom is -0.338 e. The summed E-state index contributed by atoms with van der Waals surface area (Å²) in [6.45, 7) is 1.75. The minimum atomic E-state index is 0.325. The van der Waals surface area contributed by atoms with Gasteiger partial charge in [-0.2, -0.15) is 0 Å². The summed E-state index contributed by atoms with van der Waals surface area (Å²) in [5, 5.41) is 6.59. The second kappa shape index (κ2) is 4.74. The third kappa shape index (κ3) is 2.21. The van der Waals surface area contributed by atoms with E-state index in [4.69, 9.17) is 0 Å². The van der Waals surface area contributed by atoms with E-state index in [-0.39, 0.29) is 0 Å². The number of carbonyl (C=O) groups excluding carboxylic acids is 1. The maximum absolute atomic E-state index is 11.9. The smallest absolute Gasteiger partial charge is 0.224 e. The lowest BCUT2D eigenvalue weighted by Crippen LogP contribution is -2.45. The summed E-state index contributed by atoms with van der Waals surface area (Å²) in [4.78, 5) is 18.2. The van der Waals surface area contributed by atoms with Crippen LogP contribution in [0.5, 0.6) is 0 Å². The van der Waals surface area contributed by atoms with E-state index < -0.39 is 0 Å². The molecule has 0 aromatic carbocycles. The minimum absolute atomic E-state index is 0.325. The molecule has 3 heterocycles. The van der Waals surface area contributed by atoms with Crippen LogP contribution in [-0.4, -0.2) is 34.4 Å². The maximum atomic E-state index is 11.9. The van der Waals surface area contributed by atoms with E-state index in [0.717, 1.165) is 24.5 Å². The molecule has 1 aromatic rings. The van der Waals surface area contributed by atoms with E-state index in [1.54, 1.807) is 11.3 Å². The molecule has 2 unspecified atom stereocenters. The average molecular weight is 251 g/mol. The Morgan fingerprint density at radius 2 is 2.47 bits per heavy atom. The molecule has 1 amide bonds. The Bertz CT molecular complexity index is 392. The number of nitrogens with one attached hydrogen (secondary N) is 1. The lowest BCUT2D eigenvalue weighted by Gasteiger charge is -2.32. The van der Waals surface area contributed by atoms with Crippen molar-refractivity contribution >= 4 is 17.2 Å². The van der Waals surface area contributed by atoms with Gasteiger partial charge in [0.1, 0.15) is 5.01 Å². The number of piperidine rings is 1. The van der Waals surface area contributed by atoms with E-state index in [1.165, 1.54) is 12.8 Å². The number of hydrogen-bond acceptors (Lipinski definition) is 4. The fraction of sp³-hybridized carbons (Fsp3) is 0.667. The van der Waals surface area contributed by atoms with Crippen molar-refractivity contribution in [2.45, 2.75) is 44.3 Å². The Hall–Kier alpha value is -0.940. The van der Waals surface area contributed by atoms with E-state index in [0.29, 0.717) is 24.4 Å². The van der Waals surface area contributed by atoms with Gasteiger partial charge >= 0.3 is 0 Å². The highest BCUT2D eigenvalue weighted by Crippen LogP contribution is 2.28. The number of fused-ring (bicyclic) bond motifs is 1. The van der Waals surface area contributed by atoms with Crippen molar-refractivity contribution in [1.82, 2.24) is 15.2 Å². The number of aromatic nitrogens is 1. The zero-order valence-electron chi connectivity index (χ0n) is 9.76. The summed E-state index contributed by atoms with van der Waals surface area (Å²) in [6.07, 6.45) is 6.07. The van der Waals surface area contributed by atoms with Crippen LogP contribution in [0.1, 0.15) is 30.7 Å². The first-order valence-electron chi connectivity index (χ1n) is 6.26. The van der Waals surface area contributed by atoms with Gasteiger partial charge in [0.15, 0.2) is 0 Å². The molecule has 0 saturated carbocycles. The molecule has 0 bridgehead atoms. The maximum Gasteiger partial charge on any atom is 0.224 e. The van der Waals surface area contributed by atoms with Gasteiger partial charge in [0, 0.05) is 43.2 Å². The third-order valence-corrected chi connectivity index (χ3v) is 4.51. The van der Waals surface area contributed by atoms with Crippen LogP contribution < -0.4 is 5.32 Å². The molecule has 0 radical (unpaired) electrons. The molecule has 1 N–H and O–H groups in total. The van der Waals surface area contributed by atoms with E-state index in [9.17, 15) is 4.79 Å². The summed E-state index contributed by atoms with van der Waals surface area (Å²) in [6, 6.07) is 0.753. The van der Waals surface area contributed by atoms with Crippen LogP contribution in [0.2, 0.25) is 0 Å². The van der Waals surface area contributed by atoms with Gasteiger partial charge < -0.3 is 10.2 Å². The summed E-state index contributed by atoms with van der Waals surface area (Å²) >= 11 is 1.66. The molecular weight excluding hydrogens is 234 g/mol. The molecule has 92 valence electrons. The zero-order valence-corrected chi connectivity index (χ0v) is 10.6. The van der Waals surface area contributed by atoms with Gasteiger partial charge in [0.2, 0.25) is 5.91 Å². The van der Waals surface area contributed by atoms with Gasteiger partial charge in [-0.05, 0) is 19.3 Å². The van der Waals surface area contributed by atoms with Gasteiger partial charge in [-0.3, -0.25) is 4.79 Å². The van der Waals surface area contributed by atoms with E-state index in [2.05, 4.69) is 15.2 Å². The number of amides is 1. The number of carbonyl (C=O) groups is 1. The van der Waals surface area contributed by atoms with Crippen molar-refractivity contribution in [2.75, 3.05) is 6.54 Å². The summed E-state index contributed by atoms with van der Waals surface area (Å²) < 4.78 is 0. The third-order valence-electron chi connectivity index (χ3n) is 3.73. The van der Waals surface area contributed by atoms with Gasteiger partial charge in [-0.25, -0.2) is 4.98 Å². The Morgan fingerprint density at radius 1 is 1.53 bits per heavy atom. The van der Waals surface area contributed by atoms with Crippen molar-refractivity contribution in [3.63, 3.8) is 0 Å². The lowest BCUT2D eigenvalue weighted by atomic mass is 9.99. The second-order valence-corrected chi connectivity index (χ2v) is 5.75. The van der Waals surface area contributed by atoms with E-state index >= 15 is 0 Å². The normalized spacial score (nSPS) is 28.5. The lowest BCUT2D eigenvalue weighted by molar-refractivity contribution is -0.129. The van der Waals surface area contributed by atoms with Gasteiger partial charge in [0.25, 0.3) is 0 Å². The number of thiazole rings is 1. The monoisotopic (exact) mass is 251 g/mol. The molecule has 2 atom stereocenters. The predicted molar refractivity (Wildman–Crippen MR) is 66.7 cm³/mol. The SMILES string of the molecule is O=C1CC(NCc2nccs2)C2CCCCN12. The Balaban J connectivity index is 1.61. The number of nitrogens with zero attached hydrogens (tertiary/aromatic N) is 2. The quantitative estimate of drug-likeness (QED) is 0.883. The van der Waals surface area contributed by atoms with Crippen LogP contribution in [0, 0.1) is 0 Å². The zero-order chi connectivity index (χ0) is 11.7. The Kier molecular flexibility index (Phi) is 3.11. The van der Waals surface area contributed by atoms with Crippen molar-refractivity contribution in [3.8, 4) is 0 Å². The fourth-order valence-electron chi connectivity index (χ4n) is 2.89.